The fourth-order valence-corrected chi connectivity index (χ4v) is 0.652. The van der Waals surface area contributed by atoms with Gasteiger partial charge in [-0.15, -0.1) is 0 Å². The molecule has 0 aromatic heterocycles. The third kappa shape index (κ3) is 1.10. The molecule has 0 aliphatic heterocycles. The number of halogens is 1. The van der Waals surface area contributed by atoms with E-state index in [0.29, 0.717) is 5.56 Å². The molecule has 9 heavy (non-hydrogen) atoms. The first-order chi connectivity index (χ1) is 4.22. The Bertz CT molecular complexity index is 196. The van der Waals surface area contributed by atoms with Crippen LogP contribution in [0.15, 0.2) is 12.1 Å². The van der Waals surface area contributed by atoms with Crippen molar-refractivity contribution >= 4 is 0 Å². The van der Waals surface area contributed by atoms with Crippen molar-refractivity contribution in [1.29, 1.82) is 0 Å². The van der Waals surface area contributed by atoms with Crippen molar-refractivity contribution < 1.29 is 4.39 Å². The molecule has 0 saturated heterocycles. The van der Waals surface area contributed by atoms with E-state index in [1.165, 1.54) is 6.07 Å². The summed E-state index contributed by atoms with van der Waals surface area (Å²) < 4.78 is 12.6. The van der Waals surface area contributed by atoms with Crippen molar-refractivity contribution in [2.75, 3.05) is 0 Å². The lowest BCUT2D eigenvalue weighted by Gasteiger charge is -1.96. The van der Waals surface area contributed by atoms with Crippen molar-refractivity contribution in [1.82, 2.24) is 0 Å². The van der Waals surface area contributed by atoms with E-state index in [1.807, 2.05) is 6.92 Å². The summed E-state index contributed by atoms with van der Waals surface area (Å²) >= 11 is 0. The summed E-state index contributed by atoms with van der Waals surface area (Å²) in [4.78, 5) is 0. The smallest absolute Gasteiger partial charge is 0.126 e. The summed E-state index contributed by atoms with van der Waals surface area (Å²) in [5, 5.41) is 0. The highest BCUT2D eigenvalue weighted by atomic mass is 19.1. The first kappa shape index (κ1) is 6.27. The molecule has 0 aliphatic carbocycles. The molecule has 0 N–H and O–H groups in total. The van der Waals surface area contributed by atoms with E-state index >= 15 is 0 Å². The van der Waals surface area contributed by atoms with E-state index in [1.54, 1.807) is 13.0 Å². The average Bonchev–Trinajstić information content (AvgIpc) is 1.83. The Hall–Kier alpha value is -0.850. The molecule has 0 unspecified atom stereocenters. The van der Waals surface area contributed by atoms with Gasteiger partial charge in [0.05, 0.1) is 0 Å². The van der Waals surface area contributed by atoms with Gasteiger partial charge in [0.15, 0.2) is 0 Å². The van der Waals surface area contributed by atoms with Gasteiger partial charge in [0, 0.05) is 0 Å². The normalized spacial score (nSPS) is 9.67. The fourth-order valence-electron chi connectivity index (χ4n) is 0.652. The topological polar surface area (TPSA) is 0 Å². The molecule has 0 fully saturated rings. The maximum absolute atomic E-state index is 12.6. The molecular formula is C8H8F. The summed E-state index contributed by atoms with van der Waals surface area (Å²) in [5.41, 5.74) is 1.58. The van der Waals surface area contributed by atoms with Crippen LogP contribution in [0.25, 0.3) is 0 Å². The van der Waals surface area contributed by atoms with Gasteiger partial charge in [-0.05, 0) is 37.1 Å². The van der Waals surface area contributed by atoms with Gasteiger partial charge in [0.2, 0.25) is 0 Å². The van der Waals surface area contributed by atoms with Crippen LogP contribution >= 0.6 is 0 Å². The van der Waals surface area contributed by atoms with Crippen LogP contribution in [0.5, 0.6) is 0 Å². The van der Waals surface area contributed by atoms with Gasteiger partial charge >= 0.3 is 0 Å². The van der Waals surface area contributed by atoms with Crippen LogP contribution in [0.4, 0.5) is 4.39 Å². The van der Waals surface area contributed by atoms with Crippen LogP contribution in [0.1, 0.15) is 11.1 Å². The molecule has 0 amide bonds. The maximum Gasteiger partial charge on any atom is 0.126 e. The van der Waals surface area contributed by atoms with E-state index in [0.717, 1.165) is 5.56 Å². The Morgan fingerprint density at radius 2 is 2.11 bits per heavy atom. The van der Waals surface area contributed by atoms with Crippen molar-refractivity contribution in [3.8, 4) is 0 Å². The van der Waals surface area contributed by atoms with E-state index in [-0.39, 0.29) is 5.82 Å². The zero-order chi connectivity index (χ0) is 6.85. The minimum atomic E-state index is -0.147. The number of hydrogen-bond donors (Lipinski definition) is 0. The van der Waals surface area contributed by atoms with Gasteiger partial charge in [-0.3, -0.25) is 0 Å². The zero-order valence-electron chi connectivity index (χ0n) is 5.53. The zero-order valence-corrected chi connectivity index (χ0v) is 5.53. The van der Waals surface area contributed by atoms with E-state index < -0.39 is 0 Å². The molecular weight excluding hydrogens is 115 g/mol. The molecule has 0 spiro atoms. The third-order valence-electron chi connectivity index (χ3n) is 1.45. The third-order valence-corrected chi connectivity index (χ3v) is 1.45. The highest BCUT2D eigenvalue weighted by molar-refractivity contribution is 5.24. The van der Waals surface area contributed by atoms with E-state index in [2.05, 4.69) is 6.07 Å². The van der Waals surface area contributed by atoms with Crippen LogP contribution in [0.2, 0.25) is 0 Å². The lowest BCUT2D eigenvalue weighted by Crippen LogP contribution is -1.84. The second-order valence-corrected chi connectivity index (χ2v) is 2.08. The standard InChI is InChI=1S/C8H8F/c1-6-4-3-5-8(9)7(6)2/h3,5H,1-2H3. The van der Waals surface area contributed by atoms with Gasteiger partial charge in [0.1, 0.15) is 5.82 Å². The quantitative estimate of drug-likeness (QED) is 0.496. The predicted molar refractivity (Wildman–Crippen MR) is 34.7 cm³/mol. The molecule has 0 bridgehead atoms. The molecule has 1 aromatic carbocycles. The summed E-state index contributed by atoms with van der Waals surface area (Å²) in [5.74, 6) is -0.147. The first-order valence-corrected chi connectivity index (χ1v) is 2.85. The highest BCUT2D eigenvalue weighted by Crippen LogP contribution is 2.08. The van der Waals surface area contributed by atoms with E-state index in [9.17, 15) is 4.39 Å². The predicted octanol–water partition coefficient (Wildman–Crippen LogP) is 2.24. The molecule has 1 radical (unpaired) electrons. The van der Waals surface area contributed by atoms with Gasteiger partial charge in [-0.25, -0.2) is 4.39 Å². The minimum Gasteiger partial charge on any atom is -0.207 e. The van der Waals surface area contributed by atoms with Crippen molar-refractivity contribution in [3.05, 3.63) is 35.1 Å². The van der Waals surface area contributed by atoms with Gasteiger partial charge < -0.3 is 0 Å². The monoisotopic (exact) mass is 123 g/mol. The van der Waals surface area contributed by atoms with Crippen LogP contribution < -0.4 is 0 Å². The molecule has 0 atom stereocenters. The Kier molecular flexibility index (Phi) is 1.52. The number of aryl methyl sites for hydroxylation is 1. The molecule has 0 nitrogen and oxygen atoms in total. The van der Waals surface area contributed by atoms with Crippen molar-refractivity contribution in [2.24, 2.45) is 0 Å². The minimum absolute atomic E-state index is 0.147. The molecule has 1 heteroatoms. The van der Waals surface area contributed by atoms with Crippen LogP contribution in [0, 0.1) is 25.7 Å². The summed E-state index contributed by atoms with van der Waals surface area (Å²) in [6.45, 7) is 3.60. The molecule has 0 aliphatic rings. The number of rotatable bonds is 0. The average molecular weight is 123 g/mol. The lowest BCUT2D eigenvalue weighted by atomic mass is 10.1. The van der Waals surface area contributed by atoms with Crippen molar-refractivity contribution in [2.45, 2.75) is 13.8 Å². The Labute approximate surface area is 54.3 Å². The molecule has 0 heterocycles. The lowest BCUT2D eigenvalue weighted by molar-refractivity contribution is 0.617. The summed E-state index contributed by atoms with van der Waals surface area (Å²) in [7, 11) is 0. The molecule has 1 aromatic rings. The first-order valence-electron chi connectivity index (χ1n) is 2.85. The van der Waals surface area contributed by atoms with Gasteiger partial charge in [-0.2, -0.15) is 0 Å². The summed E-state index contributed by atoms with van der Waals surface area (Å²) in [6, 6.07) is 5.91. The van der Waals surface area contributed by atoms with Crippen LogP contribution in [-0.2, 0) is 0 Å². The van der Waals surface area contributed by atoms with Crippen LogP contribution in [0.3, 0.4) is 0 Å². The maximum atomic E-state index is 12.6. The summed E-state index contributed by atoms with van der Waals surface area (Å²) in [6.07, 6.45) is 0. The Morgan fingerprint density at radius 3 is 2.56 bits per heavy atom. The molecule has 1 rings (SSSR count). The fraction of sp³-hybridized carbons (Fsp3) is 0.250. The number of hydrogen-bond acceptors (Lipinski definition) is 0. The molecule has 0 saturated carbocycles. The van der Waals surface area contributed by atoms with Gasteiger partial charge in [0.25, 0.3) is 0 Å². The van der Waals surface area contributed by atoms with Crippen molar-refractivity contribution in [3.63, 3.8) is 0 Å². The second-order valence-electron chi connectivity index (χ2n) is 2.08. The SMILES string of the molecule is Cc1[c]ccc(F)c1C. The van der Waals surface area contributed by atoms with Crippen LogP contribution in [-0.4, -0.2) is 0 Å². The Balaban J connectivity index is 3.25. The molecule has 47 valence electrons. The van der Waals surface area contributed by atoms with Gasteiger partial charge in [-0.1, -0.05) is 6.07 Å². The Morgan fingerprint density at radius 1 is 1.44 bits per heavy atom. The second kappa shape index (κ2) is 2.18. The number of benzene rings is 1. The highest BCUT2D eigenvalue weighted by Gasteiger charge is 1.96. The van der Waals surface area contributed by atoms with E-state index in [4.69, 9.17) is 0 Å². The largest absolute Gasteiger partial charge is 0.207 e.